The average Bonchev–Trinajstić information content (AvgIpc) is 3.40. The molecule has 6 nitrogen and oxygen atoms in total. The standard InChI is InChI=1S/C34H36BNO5/c1-33(2)34(3,4)41-35(40-33)24-11-9-10-22(16-24)23-17-25-19-38-20-26(18-23)36(25)32(37)39-21-31-29-14-7-5-12-27(29)28-13-6-8-15-30(28)31/h5-17,25-26,31H,18-21H2,1-4H3. The third kappa shape index (κ3) is 4.51. The molecule has 3 aromatic rings. The molecule has 210 valence electrons. The Labute approximate surface area is 242 Å². The van der Waals surface area contributed by atoms with Crippen molar-refractivity contribution in [3.63, 3.8) is 0 Å². The third-order valence-electron chi connectivity index (χ3n) is 9.53. The van der Waals surface area contributed by atoms with Gasteiger partial charge in [-0.2, -0.15) is 0 Å². The highest BCUT2D eigenvalue weighted by Crippen LogP contribution is 2.45. The SMILES string of the molecule is CC1(C)OB(c2cccc(C3=CC4COCC(C3)N4C(=O)OCC3c4ccccc4-c4ccccc43)c2)OC1(C)C. The second-order valence-electron chi connectivity index (χ2n) is 12.6. The van der Waals surface area contributed by atoms with Gasteiger partial charge in [-0.05, 0) is 73.0 Å². The number of rotatable bonds is 4. The molecule has 1 aliphatic carbocycles. The second kappa shape index (κ2) is 9.86. The topological polar surface area (TPSA) is 57.2 Å². The Kier molecular flexibility index (Phi) is 6.38. The summed E-state index contributed by atoms with van der Waals surface area (Å²) in [7, 11) is -0.413. The molecule has 41 heavy (non-hydrogen) atoms. The van der Waals surface area contributed by atoms with E-state index >= 15 is 0 Å². The predicted octanol–water partition coefficient (Wildman–Crippen LogP) is 5.79. The first-order valence-corrected chi connectivity index (χ1v) is 14.6. The van der Waals surface area contributed by atoms with Crippen molar-refractivity contribution in [1.29, 1.82) is 0 Å². The highest BCUT2D eigenvalue weighted by atomic mass is 16.7. The van der Waals surface area contributed by atoms with Crippen LogP contribution in [0.15, 0.2) is 78.9 Å². The summed E-state index contributed by atoms with van der Waals surface area (Å²) in [5, 5.41) is 0. The molecule has 3 heterocycles. The molecule has 7 rings (SSSR count). The zero-order valence-corrected chi connectivity index (χ0v) is 24.1. The van der Waals surface area contributed by atoms with Crippen LogP contribution in [0.2, 0.25) is 0 Å². The van der Waals surface area contributed by atoms with Crippen LogP contribution < -0.4 is 5.46 Å². The van der Waals surface area contributed by atoms with Crippen molar-refractivity contribution in [1.82, 2.24) is 4.90 Å². The van der Waals surface area contributed by atoms with Crippen LogP contribution in [0, 0.1) is 0 Å². The molecule has 0 aromatic heterocycles. The summed E-state index contributed by atoms with van der Waals surface area (Å²) < 4.78 is 24.5. The van der Waals surface area contributed by atoms with E-state index in [1.165, 1.54) is 27.8 Å². The second-order valence-corrected chi connectivity index (χ2v) is 12.6. The largest absolute Gasteiger partial charge is 0.494 e. The van der Waals surface area contributed by atoms with Crippen LogP contribution in [0.5, 0.6) is 0 Å². The maximum Gasteiger partial charge on any atom is 0.494 e. The zero-order chi connectivity index (χ0) is 28.4. The first kappa shape index (κ1) is 26.5. The van der Waals surface area contributed by atoms with Gasteiger partial charge in [0.1, 0.15) is 6.61 Å². The maximum atomic E-state index is 13.6. The number of hydrogen-bond donors (Lipinski definition) is 0. The Morgan fingerprint density at radius 2 is 1.56 bits per heavy atom. The maximum absolute atomic E-state index is 13.6. The summed E-state index contributed by atoms with van der Waals surface area (Å²) in [4.78, 5) is 15.5. The number of amides is 1. The molecule has 0 radical (unpaired) electrons. The van der Waals surface area contributed by atoms with Crippen LogP contribution in [-0.4, -0.2) is 61.2 Å². The lowest BCUT2D eigenvalue weighted by Crippen LogP contribution is -2.56. The van der Waals surface area contributed by atoms with Crippen LogP contribution in [0.3, 0.4) is 0 Å². The van der Waals surface area contributed by atoms with E-state index in [0.717, 1.165) is 11.0 Å². The summed E-state index contributed by atoms with van der Waals surface area (Å²) in [5.74, 6) is 0.0380. The van der Waals surface area contributed by atoms with Gasteiger partial charge in [0.2, 0.25) is 0 Å². The Morgan fingerprint density at radius 3 is 2.22 bits per heavy atom. The van der Waals surface area contributed by atoms with Crippen LogP contribution in [0.1, 0.15) is 56.7 Å². The van der Waals surface area contributed by atoms with Crippen LogP contribution in [-0.2, 0) is 18.8 Å². The van der Waals surface area contributed by atoms with Crippen molar-refractivity contribution in [2.24, 2.45) is 0 Å². The van der Waals surface area contributed by atoms with Gasteiger partial charge in [0, 0.05) is 5.92 Å². The van der Waals surface area contributed by atoms with Crippen molar-refractivity contribution < 1.29 is 23.6 Å². The minimum Gasteiger partial charge on any atom is -0.448 e. The van der Waals surface area contributed by atoms with Crippen molar-refractivity contribution in [3.05, 3.63) is 95.6 Å². The normalized spacial score (nSPS) is 24.0. The summed E-state index contributed by atoms with van der Waals surface area (Å²) in [6, 6.07) is 25.0. The molecule has 0 spiro atoms. The van der Waals surface area contributed by atoms with Gasteiger partial charge < -0.3 is 18.8 Å². The van der Waals surface area contributed by atoms with Crippen LogP contribution in [0.4, 0.5) is 4.79 Å². The molecule has 2 unspecified atom stereocenters. The van der Waals surface area contributed by atoms with Gasteiger partial charge in [-0.3, -0.25) is 4.90 Å². The fourth-order valence-electron chi connectivity index (χ4n) is 6.63. The Balaban J connectivity index is 1.09. The number of benzene rings is 3. The molecule has 0 N–H and O–H groups in total. The number of ether oxygens (including phenoxy) is 2. The Bertz CT molecular complexity index is 1470. The lowest BCUT2D eigenvalue weighted by atomic mass is 9.77. The van der Waals surface area contributed by atoms with E-state index in [0.29, 0.717) is 26.2 Å². The summed E-state index contributed by atoms with van der Waals surface area (Å²) >= 11 is 0. The van der Waals surface area contributed by atoms with E-state index < -0.39 is 18.3 Å². The molecule has 1 amide bonds. The fourth-order valence-corrected chi connectivity index (χ4v) is 6.63. The summed E-state index contributed by atoms with van der Waals surface area (Å²) in [6.45, 7) is 9.55. The first-order chi connectivity index (χ1) is 19.7. The number of morpholine rings is 1. The minimum absolute atomic E-state index is 0.0380. The molecular formula is C34H36BNO5. The van der Waals surface area contributed by atoms with E-state index in [2.05, 4.69) is 107 Å². The molecule has 3 aromatic carbocycles. The molecule has 2 bridgehead atoms. The predicted molar refractivity (Wildman–Crippen MR) is 160 cm³/mol. The van der Waals surface area contributed by atoms with Crippen molar-refractivity contribution in [3.8, 4) is 11.1 Å². The zero-order valence-electron chi connectivity index (χ0n) is 24.1. The molecule has 2 atom stereocenters. The van der Waals surface area contributed by atoms with Crippen LogP contribution >= 0.6 is 0 Å². The van der Waals surface area contributed by atoms with Gasteiger partial charge in [0.05, 0.1) is 36.5 Å². The Morgan fingerprint density at radius 1 is 0.902 bits per heavy atom. The summed E-state index contributed by atoms with van der Waals surface area (Å²) in [6.07, 6.45) is 2.60. The molecular weight excluding hydrogens is 513 g/mol. The number of carbonyl (C=O) groups excluding carboxylic acids is 1. The molecule has 4 aliphatic rings. The lowest BCUT2D eigenvalue weighted by Gasteiger charge is -2.44. The van der Waals surface area contributed by atoms with Gasteiger partial charge in [-0.1, -0.05) is 78.9 Å². The number of nitrogens with zero attached hydrogens (tertiary/aromatic N) is 1. The van der Waals surface area contributed by atoms with E-state index in [9.17, 15) is 4.79 Å². The van der Waals surface area contributed by atoms with E-state index in [1.807, 2.05) is 4.90 Å². The third-order valence-corrected chi connectivity index (χ3v) is 9.53. The highest BCUT2D eigenvalue weighted by Gasteiger charge is 2.51. The highest BCUT2D eigenvalue weighted by molar-refractivity contribution is 6.62. The minimum atomic E-state index is -0.413. The lowest BCUT2D eigenvalue weighted by molar-refractivity contribution is -0.0331. The van der Waals surface area contributed by atoms with E-state index in [4.69, 9.17) is 18.8 Å². The van der Waals surface area contributed by atoms with Crippen LogP contribution in [0.25, 0.3) is 16.7 Å². The number of hydrogen-bond acceptors (Lipinski definition) is 5. The van der Waals surface area contributed by atoms with E-state index in [1.54, 1.807) is 0 Å². The van der Waals surface area contributed by atoms with Gasteiger partial charge in [0.15, 0.2) is 0 Å². The molecule has 0 saturated carbocycles. The monoisotopic (exact) mass is 549 g/mol. The van der Waals surface area contributed by atoms with Crippen molar-refractivity contribution in [2.45, 2.75) is 63.3 Å². The molecule has 3 aliphatic heterocycles. The molecule has 2 fully saturated rings. The first-order valence-electron chi connectivity index (χ1n) is 14.6. The van der Waals surface area contributed by atoms with Crippen molar-refractivity contribution in [2.75, 3.05) is 19.8 Å². The molecule has 2 saturated heterocycles. The smallest absolute Gasteiger partial charge is 0.448 e. The number of fused-ring (bicyclic) bond motifs is 5. The molecule has 7 heteroatoms. The van der Waals surface area contributed by atoms with Gasteiger partial charge in [-0.25, -0.2) is 4.79 Å². The average molecular weight is 549 g/mol. The van der Waals surface area contributed by atoms with Gasteiger partial charge >= 0.3 is 13.2 Å². The Hall–Kier alpha value is -3.39. The van der Waals surface area contributed by atoms with Gasteiger partial charge in [0.25, 0.3) is 0 Å². The quantitative estimate of drug-likeness (QED) is 0.386. The van der Waals surface area contributed by atoms with Gasteiger partial charge in [-0.15, -0.1) is 0 Å². The fraction of sp³-hybridized carbons (Fsp3) is 0.382. The van der Waals surface area contributed by atoms with Crippen molar-refractivity contribution >= 4 is 24.2 Å². The number of carbonyl (C=O) groups is 1. The van der Waals surface area contributed by atoms with E-state index in [-0.39, 0.29) is 24.1 Å². The summed E-state index contributed by atoms with van der Waals surface area (Å²) in [5.41, 5.74) is 7.43.